The third-order valence-electron chi connectivity index (χ3n) is 2.65. The molecule has 0 aliphatic heterocycles. The summed E-state index contributed by atoms with van der Waals surface area (Å²) in [7, 11) is -4.13. The zero-order valence-corrected chi connectivity index (χ0v) is 10.8. The van der Waals surface area contributed by atoms with Gasteiger partial charge in [-0.3, -0.25) is 0 Å². The summed E-state index contributed by atoms with van der Waals surface area (Å²) in [5.41, 5.74) is -0.985. The number of nitrogens with one attached hydrogen (secondary N) is 2. The maximum atomic E-state index is 12.8. The number of hydrogen-bond donors (Lipinski definition) is 3. The van der Waals surface area contributed by atoms with Crippen LogP contribution in [0.2, 0.25) is 0 Å². The lowest BCUT2D eigenvalue weighted by Crippen LogP contribution is -2.27. The van der Waals surface area contributed by atoms with Gasteiger partial charge in [0.2, 0.25) is 10.0 Å². The number of fused-ring (bicyclic) bond motifs is 1. The fourth-order valence-electron chi connectivity index (χ4n) is 1.78. The van der Waals surface area contributed by atoms with E-state index < -0.39 is 33.3 Å². The average Bonchev–Trinajstić information content (AvgIpc) is 2.82. The minimum Gasteiger partial charge on any atom is -0.395 e. The summed E-state index contributed by atoms with van der Waals surface area (Å²) in [6, 6.07) is 2.80. The number of aliphatic hydroxyl groups excluding tert-OH is 1. The maximum Gasteiger partial charge on any atom is 0.416 e. The van der Waals surface area contributed by atoms with Crippen molar-refractivity contribution < 1.29 is 26.7 Å². The third kappa shape index (κ3) is 2.79. The van der Waals surface area contributed by atoms with Crippen molar-refractivity contribution in [3.05, 3.63) is 30.0 Å². The van der Waals surface area contributed by atoms with Crippen molar-refractivity contribution in [1.29, 1.82) is 0 Å². The molecule has 0 fully saturated rings. The van der Waals surface area contributed by atoms with Crippen LogP contribution < -0.4 is 4.72 Å². The second kappa shape index (κ2) is 5.08. The van der Waals surface area contributed by atoms with E-state index in [2.05, 4.69) is 4.98 Å². The van der Waals surface area contributed by atoms with Gasteiger partial charge in [0.15, 0.2) is 0 Å². The van der Waals surface area contributed by atoms with E-state index in [-0.39, 0.29) is 17.4 Å². The molecule has 110 valence electrons. The smallest absolute Gasteiger partial charge is 0.395 e. The molecule has 9 heteroatoms. The number of halogens is 3. The van der Waals surface area contributed by atoms with E-state index in [9.17, 15) is 21.6 Å². The Hall–Kier alpha value is -1.58. The summed E-state index contributed by atoms with van der Waals surface area (Å²) in [4.78, 5) is 2.08. The van der Waals surface area contributed by atoms with Crippen molar-refractivity contribution in [2.45, 2.75) is 11.1 Å². The molecule has 0 bridgehead atoms. The van der Waals surface area contributed by atoms with E-state index in [0.717, 1.165) is 6.07 Å². The van der Waals surface area contributed by atoms with Crippen LogP contribution in [0.5, 0.6) is 0 Å². The fourth-order valence-corrected chi connectivity index (χ4v) is 3.04. The minimum atomic E-state index is -4.65. The van der Waals surface area contributed by atoms with Gasteiger partial charge in [0.1, 0.15) is 0 Å². The molecule has 2 rings (SSSR count). The van der Waals surface area contributed by atoms with Crippen molar-refractivity contribution >= 4 is 20.9 Å². The largest absolute Gasteiger partial charge is 0.416 e. The topological polar surface area (TPSA) is 82.2 Å². The van der Waals surface area contributed by atoms with Crippen LogP contribution in [-0.2, 0) is 16.2 Å². The zero-order chi connectivity index (χ0) is 15.0. The van der Waals surface area contributed by atoms with Gasteiger partial charge in [-0.15, -0.1) is 0 Å². The highest BCUT2D eigenvalue weighted by atomic mass is 32.2. The van der Waals surface area contributed by atoms with Gasteiger partial charge in [0.25, 0.3) is 0 Å². The van der Waals surface area contributed by atoms with Gasteiger partial charge < -0.3 is 10.1 Å². The summed E-state index contributed by atoms with van der Waals surface area (Å²) in [6.45, 7) is -0.723. The van der Waals surface area contributed by atoms with Crippen LogP contribution in [0.3, 0.4) is 0 Å². The lowest BCUT2D eigenvalue weighted by molar-refractivity contribution is -0.137. The molecule has 5 nitrogen and oxygen atoms in total. The standard InChI is InChI=1S/C11H11F3N2O3S/c12-11(13,14)7-5-9-8(1-2-15-9)10(6-7)20(18,19)16-3-4-17/h1-2,5-6,15-17H,3-4H2. The molecule has 0 spiro atoms. The number of benzene rings is 1. The Balaban J connectivity index is 2.65. The predicted octanol–water partition coefficient (Wildman–Crippen LogP) is 1.46. The monoisotopic (exact) mass is 308 g/mol. The number of alkyl halides is 3. The van der Waals surface area contributed by atoms with Gasteiger partial charge in [-0.25, -0.2) is 13.1 Å². The number of aromatic amines is 1. The Labute approximate surface area is 112 Å². The van der Waals surface area contributed by atoms with Crippen molar-refractivity contribution in [1.82, 2.24) is 9.71 Å². The van der Waals surface area contributed by atoms with Gasteiger partial charge in [-0.05, 0) is 18.2 Å². The highest BCUT2D eigenvalue weighted by molar-refractivity contribution is 7.89. The van der Waals surface area contributed by atoms with Crippen LogP contribution in [0, 0.1) is 0 Å². The minimum absolute atomic E-state index is 0.0733. The molecule has 20 heavy (non-hydrogen) atoms. The molecule has 0 unspecified atom stereocenters. The molecule has 0 amide bonds. The van der Waals surface area contributed by atoms with Crippen LogP contribution in [0.1, 0.15) is 5.56 Å². The molecular weight excluding hydrogens is 297 g/mol. The van der Waals surface area contributed by atoms with Gasteiger partial charge in [-0.2, -0.15) is 13.2 Å². The van der Waals surface area contributed by atoms with Gasteiger partial charge in [0, 0.05) is 23.6 Å². The quantitative estimate of drug-likeness (QED) is 0.799. The van der Waals surface area contributed by atoms with Gasteiger partial charge >= 0.3 is 6.18 Å². The molecular formula is C11H11F3N2O3S. The number of aliphatic hydroxyl groups is 1. The molecule has 1 heterocycles. The van der Waals surface area contributed by atoms with Gasteiger partial charge in [0.05, 0.1) is 17.1 Å². The van der Waals surface area contributed by atoms with Crippen molar-refractivity contribution in [3.63, 3.8) is 0 Å². The first-order valence-electron chi connectivity index (χ1n) is 5.54. The molecule has 0 saturated carbocycles. The summed E-state index contributed by atoms with van der Waals surface area (Å²) in [5, 5.41) is 8.78. The van der Waals surface area contributed by atoms with E-state index in [4.69, 9.17) is 5.11 Å². The number of hydrogen-bond acceptors (Lipinski definition) is 3. The van der Waals surface area contributed by atoms with Gasteiger partial charge in [-0.1, -0.05) is 0 Å². The van der Waals surface area contributed by atoms with E-state index >= 15 is 0 Å². The van der Waals surface area contributed by atoms with Crippen LogP contribution in [0.25, 0.3) is 10.9 Å². The first kappa shape index (κ1) is 14.8. The molecule has 0 aliphatic carbocycles. The number of aromatic nitrogens is 1. The number of rotatable bonds is 4. The Kier molecular flexibility index (Phi) is 3.76. The first-order chi connectivity index (χ1) is 9.25. The summed E-state index contributed by atoms with van der Waals surface area (Å²) < 4.78 is 64.3. The Morgan fingerprint density at radius 3 is 2.60 bits per heavy atom. The third-order valence-corrected chi connectivity index (χ3v) is 4.15. The predicted molar refractivity (Wildman–Crippen MR) is 65.6 cm³/mol. The summed E-state index contributed by atoms with van der Waals surface area (Å²) in [5.74, 6) is 0. The van der Waals surface area contributed by atoms with E-state index in [1.807, 2.05) is 4.72 Å². The Morgan fingerprint density at radius 2 is 2.00 bits per heavy atom. The highest BCUT2D eigenvalue weighted by Gasteiger charge is 2.33. The van der Waals surface area contributed by atoms with E-state index in [0.29, 0.717) is 6.07 Å². The van der Waals surface area contributed by atoms with Crippen LogP contribution in [0.4, 0.5) is 13.2 Å². The maximum absolute atomic E-state index is 12.8. The van der Waals surface area contributed by atoms with Crippen LogP contribution in [-0.4, -0.2) is 31.7 Å². The fraction of sp³-hybridized carbons (Fsp3) is 0.273. The molecule has 0 radical (unpaired) electrons. The average molecular weight is 308 g/mol. The number of H-pyrrole nitrogens is 1. The summed E-state index contributed by atoms with van der Waals surface area (Å²) in [6.07, 6.45) is -3.30. The van der Waals surface area contributed by atoms with Crippen LogP contribution in [0.15, 0.2) is 29.3 Å². The SMILES string of the molecule is O=S(=O)(NCCO)c1cc(C(F)(F)F)cc2[nH]ccc12. The normalized spacial score (nSPS) is 13.0. The van der Waals surface area contributed by atoms with E-state index in [1.54, 1.807) is 0 Å². The summed E-state index contributed by atoms with van der Waals surface area (Å²) >= 11 is 0. The Bertz CT molecular complexity index is 722. The molecule has 3 N–H and O–H groups in total. The highest BCUT2D eigenvalue weighted by Crippen LogP contribution is 2.34. The lowest BCUT2D eigenvalue weighted by Gasteiger charge is -2.11. The van der Waals surface area contributed by atoms with Crippen LogP contribution >= 0.6 is 0 Å². The molecule has 0 atom stereocenters. The molecule has 0 aliphatic rings. The zero-order valence-electron chi connectivity index (χ0n) is 10.0. The van der Waals surface area contributed by atoms with Crippen molar-refractivity contribution in [3.8, 4) is 0 Å². The van der Waals surface area contributed by atoms with E-state index in [1.165, 1.54) is 12.3 Å². The second-order valence-corrected chi connectivity index (χ2v) is 5.77. The molecule has 0 saturated heterocycles. The first-order valence-corrected chi connectivity index (χ1v) is 7.03. The molecule has 1 aromatic heterocycles. The van der Waals surface area contributed by atoms with Crippen molar-refractivity contribution in [2.24, 2.45) is 0 Å². The second-order valence-electron chi connectivity index (χ2n) is 4.03. The molecule has 2 aromatic rings. The van der Waals surface area contributed by atoms with Crippen molar-refractivity contribution in [2.75, 3.05) is 13.2 Å². The molecule has 1 aromatic carbocycles. The Morgan fingerprint density at radius 1 is 1.30 bits per heavy atom. The lowest BCUT2D eigenvalue weighted by atomic mass is 10.1. The number of sulfonamides is 1.